The number of imide groups is 1. The SMILES string of the molecule is N#Cc1cc(F)c(O)c(-n2cc(N3C(=O)CC4(CCCC4)C3=O)cn2)c1. The van der Waals surface area contributed by atoms with Crippen LogP contribution >= 0.6 is 0 Å². The van der Waals surface area contributed by atoms with E-state index < -0.39 is 17.0 Å². The van der Waals surface area contributed by atoms with Crippen LogP contribution in [0.25, 0.3) is 5.69 Å². The van der Waals surface area contributed by atoms with Crippen LogP contribution in [0, 0.1) is 22.6 Å². The van der Waals surface area contributed by atoms with Crippen molar-refractivity contribution in [3.8, 4) is 17.5 Å². The van der Waals surface area contributed by atoms with Gasteiger partial charge in [0.15, 0.2) is 11.6 Å². The van der Waals surface area contributed by atoms with Crippen LogP contribution in [0.4, 0.5) is 10.1 Å². The topological polar surface area (TPSA) is 99.2 Å². The maximum Gasteiger partial charge on any atom is 0.240 e. The summed E-state index contributed by atoms with van der Waals surface area (Å²) in [5.74, 6) is -2.11. The van der Waals surface area contributed by atoms with E-state index >= 15 is 0 Å². The van der Waals surface area contributed by atoms with Crippen molar-refractivity contribution in [2.75, 3.05) is 4.90 Å². The summed E-state index contributed by atoms with van der Waals surface area (Å²) in [6, 6.07) is 4.00. The summed E-state index contributed by atoms with van der Waals surface area (Å²) in [6.45, 7) is 0. The lowest BCUT2D eigenvalue weighted by Gasteiger charge is -2.19. The number of halogens is 1. The van der Waals surface area contributed by atoms with E-state index in [1.165, 1.54) is 18.5 Å². The molecule has 1 spiro atoms. The van der Waals surface area contributed by atoms with Gasteiger partial charge in [0.05, 0.1) is 35.1 Å². The number of aromatic hydroxyl groups is 1. The van der Waals surface area contributed by atoms with E-state index in [-0.39, 0.29) is 35.2 Å². The highest BCUT2D eigenvalue weighted by Crippen LogP contribution is 2.48. The molecule has 2 aliphatic rings. The first-order valence-electron chi connectivity index (χ1n) is 8.30. The van der Waals surface area contributed by atoms with Gasteiger partial charge in [-0.2, -0.15) is 10.4 Å². The van der Waals surface area contributed by atoms with Crippen LogP contribution in [0.15, 0.2) is 24.5 Å². The predicted molar refractivity (Wildman–Crippen MR) is 87.9 cm³/mol. The lowest BCUT2D eigenvalue weighted by molar-refractivity contribution is -0.125. The first-order valence-corrected chi connectivity index (χ1v) is 8.30. The molecule has 1 saturated heterocycles. The molecule has 2 heterocycles. The van der Waals surface area contributed by atoms with Crippen LogP contribution in [0.1, 0.15) is 37.7 Å². The largest absolute Gasteiger partial charge is 0.503 e. The molecule has 7 nitrogen and oxygen atoms in total. The lowest BCUT2D eigenvalue weighted by atomic mass is 9.84. The molecule has 0 bridgehead atoms. The molecule has 0 atom stereocenters. The summed E-state index contributed by atoms with van der Waals surface area (Å²) in [5, 5.41) is 22.9. The van der Waals surface area contributed by atoms with Gasteiger partial charge in [-0.3, -0.25) is 9.59 Å². The van der Waals surface area contributed by atoms with Crippen molar-refractivity contribution >= 4 is 17.5 Å². The molecule has 1 saturated carbocycles. The van der Waals surface area contributed by atoms with Crippen LogP contribution in [0.3, 0.4) is 0 Å². The van der Waals surface area contributed by atoms with Gasteiger partial charge in [-0.25, -0.2) is 14.0 Å². The van der Waals surface area contributed by atoms with Gasteiger partial charge in [-0.15, -0.1) is 0 Å². The van der Waals surface area contributed by atoms with Crippen LogP contribution < -0.4 is 4.90 Å². The first kappa shape index (κ1) is 16.3. The number of nitriles is 1. The summed E-state index contributed by atoms with van der Waals surface area (Å²) >= 11 is 0. The molecule has 1 aliphatic carbocycles. The first-order chi connectivity index (χ1) is 12.4. The molecule has 2 aromatic rings. The summed E-state index contributed by atoms with van der Waals surface area (Å²) in [7, 11) is 0. The molecule has 1 aromatic carbocycles. The van der Waals surface area contributed by atoms with Crippen LogP contribution in [-0.4, -0.2) is 26.7 Å². The molecule has 2 amide bonds. The molecular formula is C18H15FN4O3. The molecule has 4 rings (SSSR count). The van der Waals surface area contributed by atoms with Crippen molar-refractivity contribution < 1.29 is 19.1 Å². The van der Waals surface area contributed by atoms with Crippen molar-refractivity contribution in [1.29, 1.82) is 5.26 Å². The van der Waals surface area contributed by atoms with Crippen molar-refractivity contribution in [3.05, 3.63) is 35.9 Å². The molecule has 8 heteroatoms. The Morgan fingerprint density at radius 3 is 2.69 bits per heavy atom. The highest BCUT2D eigenvalue weighted by molar-refractivity contribution is 6.22. The minimum atomic E-state index is -0.950. The van der Waals surface area contributed by atoms with Crippen molar-refractivity contribution in [2.24, 2.45) is 5.41 Å². The Bertz CT molecular complexity index is 969. The molecule has 1 aromatic heterocycles. The third kappa shape index (κ3) is 2.28. The molecule has 26 heavy (non-hydrogen) atoms. The van der Waals surface area contributed by atoms with E-state index in [4.69, 9.17) is 5.26 Å². The number of rotatable bonds is 2. The quantitative estimate of drug-likeness (QED) is 0.835. The van der Waals surface area contributed by atoms with Gasteiger partial charge in [0, 0.05) is 6.42 Å². The Morgan fingerprint density at radius 1 is 1.27 bits per heavy atom. The van der Waals surface area contributed by atoms with E-state index in [0.717, 1.165) is 28.5 Å². The number of benzene rings is 1. The van der Waals surface area contributed by atoms with Gasteiger partial charge < -0.3 is 5.11 Å². The van der Waals surface area contributed by atoms with E-state index in [9.17, 15) is 19.1 Å². The number of phenols is 1. The second-order valence-corrected chi connectivity index (χ2v) is 6.78. The fraction of sp³-hybridized carbons (Fsp3) is 0.333. The van der Waals surface area contributed by atoms with Crippen LogP contribution in [-0.2, 0) is 9.59 Å². The van der Waals surface area contributed by atoms with Gasteiger partial charge in [0.2, 0.25) is 11.8 Å². The molecule has 132 valence electrons. The normalized spacial score (nSPS) is 18.7. The highest BCUT2D eigenvalue weighted by Gasteiger charge is 2.53. The number of aromatic nitrogens is 2. The minimum absolute atomic E-state index is 0.0191. The molecule has 1 aliphatic heterocycles. The number of nitrogens with zero attached hydrogens (tertiary/aromatic N) is 4. The number of carbonyl (C=O) groups is 2. The van der Waals surface area contributed by atoms with Gasteiger partial charge in [-0.05, 0) is 25.0 Å². The van der Waals surface area contributed by atoms with Gasteiger partial charge in [0.25, 0.3) is 0 Å². The Hall–Kier alpha value is -3.21. The summed E-state index contributed by atoms with van der Waals surface area (Å²) in [6.07, 6.45) is 6.16. The van der Waals surface area contributed by atoms with Crippen LogP contribution in [0.5, 0.6) is 5.75 Å². The van der Waals surface area contributed by atoms with Crippen molar-refractivity contribution in [2.45, 2.75) is 32.1 Å². The Morgan fingerprint density at radius 2 is 2.00 bits per heavy atom. The van der Waals surface area contributed by atoms with Gasteiger partial charge >= 0.3 is 0 Å². The van der Waals surface area contributed by atoms with Crippen molar-refractivity contribution in [1.82, 2.24) is 9.78 Å². The molecule has 0 unspecified atom stereocenters. The predicted octanol–water partition coefficient (Wildman–Crippen LogP) is 2.41. The zero-order valence-electron chi connectivity index (χ0n) is 13.8. The Labute approximate surface area is 148 Å². The third-order valence-electron chi connectivity index (χ3n) is 5.20. The molecular weight excluding hydrogens is 339 g/mol. The number of phenolic OH excluding ortho intramolecular Hbond substituents is 1. The average Bonchev–Trinajstić information content (AvgIpc) is 3.32. The number of carbonyl (C=O) groups excluding carboxylic acids is 2. The van der Waals surface area contributed by atoms with Gasteiger partial charge in [-0.1, -0.05) is 12.8 Å². The number of hydrogen-bond acceptors (Lipinski definition) is 5. The minimum Gasteiger partial charge on any atom is -0.503 e. The summed E-state index contributed by atoms with van der Waals surface area (Å²) in [4.78, 5) is 26.4. The van der Waals surface area contributed by atoms with Crippen molar-refractivity contribution in [3.63, 3.8) is 0 Å². The summed E-state index contributed by atoms with van der Waals surface area (Å²) < 4.78 is 14.9. The van der Waals surface area contributed by atoms with E-state index in [1.807, 2.05) is 0 Å². The third-order valence-corrected chi connectivity index (χ3v) is 5.20. The zero-order chi connectivity index (χ0) is 18.5. The molecule has 1 N–H and O–H groups in total. The smallest absolute Gasteiger partial charge is 0.240 e. The Kier molecular flexibility index (Phi) is 3.54. The number of amides is 2. The second kappa shape index (κ2) is 5.66. The number of anilines is 1. The van der Waals surface area contributed by atoms with Crippen LogP contribution in [0.2, 0.25) is 0 Å². The monoisotopic (exact) mass is 354 g/mol. The van der Waals surface area contributed by atoms with E-state index in [0.29, 0.717) is 12.8 Å². The second-order valence-electron chi connectivity index (χ2n) is 6.78. The average molecular weight is 354 g/mol. The maximum atomic E-state index is 13.8. The lowest BCUT2D eigenvalue weighted by Crippen LogP contribution is -2.34. The zero-order valence-corrected chi connectivity index (χ0v) is 13.8. The maximum absolute atomic E-state index is 13.8. The fourth-order valence-electron chi connectivity index (χ4n) is 3.88. The standard InChI is InChI=1S/C18H15FN4O3/c19-13-5-11(8-20)6-14(16(13)25)22-10-12(9-21-22)23-15(24)7-18(17(23)26)3-1-2-4-18/h5-6,9-10,25H,1-4,7H2. The molecule has 0 radical (unpaired) electrons. The van der Waals surface area contributed by atoms with Gasteiger partial charge in [0.1, 0.15) is 5.69 Å². The Balaban J connectivity index is 1.72. The summed E-state index contributed by atoms with van der Waals surface area (Å²) in [5.41, 5.74) is -0.354. The van der Waals surface area contributed by atoms with E-state index in [1.54, 1.807) is 6.07 Å². The highest BCUT2D eigenvalue weighted by atomic mass is 19.1. The number of hydrogen-bond donors (Lipinski definition) is 1. The molecule has 2 fully saturated rings. The van der Waals surface area contributed by atoms with E-state index in [2.05, 4.69) is 5.10 Å². The fourth-order valence-corrected chi connectivity index (χ4v) is 3.88.